The van der Waals surface area contributed by atoms with E-state index in [2.05, 4.69) is 15.6 Å². The Morgan fingerprint density at radius 2 is 2.16 bits per heavy atom. The molecule has 0 bridgehead atoms. The molecule has 0 fully saturated rings. The van der Waals surface area contributed by atoms with Gasteiger partial charge >= 0.3 is 0 Å². The minimum absolute atomic E-state index is 0. The summed E-state index contributed by atoms with van der Waals surface area (Å²) < 4.78 is 12.9. The number of carbonyl (C=O) groups is 1. The third-order valence-corrected chi connectivity index (χ3v) is 1.94. The van der Waals surface area contributed by atoms with E-state index in [9.17, 15) is 9.18 Å². The van der Waals surface area contributed by atoms with Crippen molar-refractivity contribution in [2.24, 2.45) is 10.7 Å². The molecular weight excluding hydrogens is 362 g/mol. The summed E-state index contributed by atoms with van der Waals surface area (Å²) in [5.74, 6) is -0.550. The van der Waals surface area contributed by atoms with Crippen LogP contribution in [0.5, 0.6) is 0 Å². The molecular formula is C12H18FIN4O. The number of carbonyl (C=O) groups excluding carboxylic acids is 1. The Balaban J connectivity index is 0.00000324. The summed E-state index contributed by atoms with van der Waals surface area (Å²) in [6.07, 6.45) is 0. The lowest BCUT2D eigenvalue weighted by Crippen LogP contribution is -2.37. The third-order valence-electron chi connectivity index (χ3n) is 1.94. The second kappa shape index (κ2) is 8.68. The molecule has 0 aliphatic rings. The lowest BCUT2D eigenvalue weighted by atomic mass is 10.3. The van der Waals surface area contributed by atoms with Crippen LogP contribution in [0.4, 0.5) is 10.1 Å². The van der Waals surface area contributed by atoms with Crippen LogP contribution < -0.4 is 16.4 Å². The highest BCUT2D eigenvalue weighted by Crippen LogP contribution is 2.08. The predicted octanol–water partition coefficient (Wildman–Crippen LogP) is 1.69. The van der Waals surface area contributed by atoms with E-state index in [1.807, 2.05) is 13.8 Å². The number of anilines is 1. The first kappa shape index (κ1) is 17.6. The van der Waals surface area contributed by atoms with Gasteiger partial charge in [-0.15, -0.1) is 24.0 Å². The fourth-order valence-corrected chi connectivity index (χ4v) is 1.27. The first-order valence-electron chi connectivity index (χ1n) is 5.59. The number of rotatable bonds is 4. The zero-order chi connectivity index (χ0) is 13.5. The number of nitrogens with two attached hydrogens (primary N) is 1. The standard InChI is InChI=1S/C12H17FN4O.HI/c1-8(2)16-12(14)15-7-11(18)17-10-5-3-4-9(13)6-10;/h3-6,8H,7H2,1-2H3,(H,17,18)(H3,14,15,16);1H. The SMILES string of the molecule is CC(C)NC(N)=NCC(=O)Nc1cccc(F)c1.I. The van der Waals surface area contributed by atoms with Crippen molar-refractivity contribution < 1.29 is 9.18 Å². The fourth-order valence-electron chi connectivity index (χ4n) is 1.27. The lowest BCUT2D eigenvalue weighted by molar-refractivity contribution is -0.114. The quantitative estimate of drug-likeness (QED) is 0.423. The van der Waals surface area contributed by atoms with Gasteiger partial charge in [0, 0.05) is 11.7 Å². The number of halogens is 2. The second-order valence-electron chi connectivity index (χ2n) is 4.06. The maximum Gasteiger partial charge on any atom is 0.246 e. The number of nitrogens with zero attached hydrogens (tertiary/aromatic N) is 1. The second-order valence-corrected chi connectivity index (χ2v) is 4.06. The minimum Gasteiger partial charge on any atom is -0.370 e. The van der Waals surface area contributed by atoms with Gasteiger partial charge in [0.2, 0.25) is 5.91 Å². The van der Waals surface area contributed by atoms with Crippen molar-refractivity contribution in [1.82, 2.24) is 5.32 Å². The Hall–Kier alpha value is -1.38. The number of hydrogen-bond donors (Lipinski definition) is 3. The van der Waals surface area contributed by atoms with E-state index in [0.717, 1.165) is 0 Å². The van der Waals surface area contributed by atoms with Gasteiger partial charge in [-0.2, -0.15) is 0 Å². The highest BCUT2D eigenvalue weighted by atomic mass is 127. The Kier molecular flexibility index (Phi) is 8.05. The number of guanidine groups is 1. The van der Waals surface area contributed by atoms with Crippen LogP contribution in [0.2, 0.25) is 0 Å². The van der Waals surface area contributed by atoms with Crippen LogP contribution in [-0.2, 0) is 4.79 Å². The van der Waals surface area contributed by atoms with E-state index < -0.39 is 5.82 Å². The number of aliphatic imine (C=N–C) groups is 1. The number of hydrogen-bond acceptors (Lipinski definition) is 2. The van der Waals surface area contributed by atoms with Crippen LogP contribution in [0.15, 0.2) is 29.3 Å². The first-order valence-corrected chi connectivity index (χ1v) is 5.59. The highest BCUT2D eigenvalue weighted by molar-refractivity contribution is 14.0. The van der Waals surface area contributed by atoms with Crippen molar-refractivity contribution in [3.05, 3.63) is 30.1 Å². The predicted molar refractivity (Wildman–Crippen MR) is 85.2 cm³/mol. The van der Waals surface area contributed by atoms with E-state index in [0.29, 0.717) is 5.69 Å². The zero-order valence-corrected chi connectivity index (χ0v) is 13.1. The number of amides is 1. The Labute approximate surface area is 128 Å². The lowest BCUT2D eigenvalue weighted by Gasteiger charge is -2.08. The van der Waals surface area contributed by atoms with Crippen LogP contribution in [0.1, 0.15) is 13.8 Å². The summed E-state index contributed by atoms with van der Waals surface area (Å²) in [5.41, 5.74) is 5.93. The molecule has 0 saturated heterocycles. The Morgan fingerprint density at radius 3 is 2.74 bits per heavy atom. The summed E-state index contributed by atoms with van der Waals surface area (Å²) in [4.78, 5) is 15.4. The average Bonchev–Trinajstić information content (AvgIpc) is 2.25. The van der Waals surface area contributed by atoms with Gasteiger partial charge in [0.05, 0.1) is 0 Å². The molecule has 0 radical (unpaired) electrons. The van der Waals surface area contributed by atoms with Gasteiger partial charge in [-0.05, 0) is 32.0 Å². The molecule has 0 heterocycles. The summed E-state index contributed by atoms with van der Waals surface area (Å²) in [7, 11) is 0. The fraction of sp³-hybridized carbons (Fsp3) is 0.333. The number of benzene rings is 1. The smallest absolute Gasteiger partial charge is 0.246 e. The van der Waals surface area contributed by atoms with Crippen molar-refractivity contribution in [3.63, 3.8) is 0 Å². The van der Waals surface area contributed by atoms with Gasteiger partial charge in [-0.1, -0.05) is 6.07 Å². The average molecular weight is 380 g/mol. The minimum atomic E-state index is -0.405. The molecule has 106 valence electrons. The molecule has 0 spiro atoms. The van der Waals surface area contributed by atoms with E-state index >= 15 is 0 Å². The largest absolute Gasteiger partial charge is 0.370 e. The first-order chi connectivity index (χ1) is 8.47. The zero-order valence-electron chi connectivity index (χ0n) is 10.8. The van der Waals surface area contributed by atoms with Crippen molar-refractivity contribution in [2.75, 3.05) is 11.9 Å². The molecule has 1 aromatic rings. The van der Waals surface area contributed by atoms with Crippen molar-refractivity contribution in [1.29, 1.82) is 0 Å². The molecule has 4 N–H and O–H groups in total. The van der Waals surface area contributed by atoms with Gasteiger partial charge in [0.25, 0.3) is 0 Å². The molecule has 5 nitrogen and oxygen atoms in total. The summed E-state index contributed by atoms with van der Waals surface area (Å²) in [6, 6.07) is 5.80. The van der Waals surface area contributed by atoms with Crippen molar-refractivity contribution >= 4 is 41.5 Å². The van der Waals surface area contributed by atoms with Crippen molar-refractivity contribution in [3.8, 4) is 0 Å². The van der Waals surface area contributed by atoms with Crippen molar-refractivity contribution in [2.45, 2.75) is 19.9 Å². The summed E-state index contributed by atoms with van der Waals surface area (Å²) in [6.45, 7) is 3.71. The van der Waals surface area contributed by atoms with E-state index in [-0.39, 0.29) is 48.4 Å². The molecule has 0 saturated carbocycles. The molecule has 7 heteroatoms. The van der Waals surface area contributed by atoms with E-state index in [1.165, 1.54) is 18.2 Å². The maximum absolute atomic E-state index is 12.9. The van der Waals surface area contributed by atoms with Crippen LogP contribution in [0.25, 0.3) is 0 Å². The van der Waals surface area contributed by atoms with Gasteiger partial charge < -0.3 is 16.4 Å². The van der Waals surface area contributed by atoms with Gasteiger partial charge in [-0.25, -0.2) is 9.38 Å². The number of nitrogens with one attached hydrogen (secondary N) is 2. The van der Waals surface area contributed by atoms with Crippen LogP contribution in [-0.4, -0.2) is 24.5 Å². The molecule has 1 amide bonds. The summed E-state index contributed by atoms with van der Waals surface area (Å²) in [5, 5.41) is 5.38. The molecule has 0 atom stereocenters. The molecule has 0 aromatic heterocycles. The summed E-state index contributed by atoms with van der Waals surface area (Å²) >= 11 is 0. The Bertz CT molecular complexity index is 451. The molecule has 19 heavy (non-hydrogen) atoms. The molecule has 1 aromatic carbocycles. The molecule has 1 rings (SSSR count). The third kappa shape index (κ3) is 7.60. The Morgan fingerprint density at radius 1 is 1.47 bits per heavy atom. The van der Waals surface area contributed by atoms with Gasteiger partial charge in [0.15, 0.2) is 5.96 Å². The molecule has 0 aliphatic heterocycles. The molecule has 0 unspecified atom stereocenters. The van der Waals surface area contributed by atoms with Crippen LogP contribution in [0, 0.1) is 5.82 Å². The van der Waals surface area contributed by atoms with Gasteiger partial charge in [0.1, 0.15) is 12.4 Å². The van der Waals surface area contributed by atoms with E-state index in [4.69, 9.17) is 5.73 Å². The van der Waals surface area contributed by atoms with Crippen LogP contribution in [0.3, 0.4) is 0 Å². The normalized spacial score (nSPS) is 10.8. The topological polar surface area (TPSA) is 79.5 Å². The highest BCUT2D eigenvalue weighted by Gasteiger charge is 2.03. The molecule has 0 aliphatic carbocycles. The maximum atomic E-state index is 12.9. The van der Waals surface area contributed by atoms with Crippen LogP contribution >= 0.6 is 24.0 Å². The monoisotopic (exact) mass is 380 g/mol. The van der Waals surface area contributed by atoms with E-state index in [1.54, 1.807) is 6.07 Å². The van der Waals surface area contributed by atoms with Gasteiger partial charge in [-0.3, -0.25) is 4.79 Å².